The summed E-state index contributed by atoms with van der Waals surface area (Å²) in [6.07, 6.45) is 0. The summed E-state index contributed by atoms with van der Waals surface area (Å²) in [5.74, 6) is -0.0385. The van der Waals surface area contributed by atoms with Gasteiger partial charge in [0, 0.05) is 6.54 Å². The van der Waals surface area contributed by atoms with E-state index in [9.17, 15) is 4.79 Å². The number of aliphatic hydroxyl groups is 1. The van der Waals surface area contributed by atoms with E-state index < -0.39 is 0 Å². The minimum Gasteiger partial charge on any atom is -0.395 e. The topological polar surface area (TPSA) is 75.4 Å². The average molecular weight is 132 g/mol. The Morgan fingerprint density at radius 2 is 2.33 bits per heavy atom. The Morgan fingerprint density at radius 3 is 2.78 bits per heavy atom. The van der Waals surface area contributed by atoms with Gasteiger partial charge in [0.2, 0.25) is 0 Å². The number of aliphatic hydroxyl groups excluding tert-OH is 1. The monoisotopic (exact) mass is 132 g/mol. The molecular formula is C5H12N2O2. The zero-order valence-electron chi connectivity index (χ0n) is 5.26. The highest BCUT2D eigenvalue weighted by Gasteiger charge is 1.94. The minimum absolute atomic E-state index is 0.0385. The lowest BCUT2D eigenvalue weighted by Crippen LogP contribution is -2.29. The van der Waals surface area contributed by atoms with Crippen molar-refractivity contribution in [3.8, 4) is 0 Å². The molecule has 0 saturated carbocycles. The first-order chi connectivity index (χ1) is 4.31. The summed E-state index contributed by atoms with van der Waals surface area (Å²) < 4.78 is 0. The van der Waals surface area contributed by atoms with Crippen LogP contribution in [0.4, 0.5) is 0 Å². The van der Waals surface area contributed by atoms with Crippen LogP contribution in [0.1, 0.15) is 0 Å². The Morgan fingerprint density at radius 1 is 1.67 bits per heavy atom. The third-order valence-corrected chi connectivity index (χ3v) is 0.838. The molecule has 0 amide bonds. The molecule has 9 heavy (non-hydrogen) atoms. The van der Waals surface area contributed by atoms with Gasteiger partial charge in [0.05, 0.1) is 19.7 Å². The van der Waals surface area contributed by atoms with Gasteiger partial charge in [-0.2, -0.15) is 0 Å². The molecule has 0 saturated heterocycles. The molecule has 0 atom stereocenters. The summed E-state index contributed by atoms with van der Waals surface area (Å²) in [6.45, 7) is 0.832. The highest BCUT2D eigenvalue weighted by Crippen LogP contribution is 1.62. The lowest BCUT2D eigenvalue weighted by molar-refractivity contribution is -0.116. The summed E-state index contributed by atoms with van der Waals surface area (Å²) in [5, 5.41) is 11.0. The van der Waals surface area contributed by atoms with Crippen LogP contribution < -0.4 is 11.1 Å². The standard InChI is InChI=1S/C5H12N2O2/c6-3-5(9)4-7-1-2-8/h7-8H,1-4,6H2. The lowest BCUT2D eigenvalue weighted by Gasteiger charge is -1.97. The molecule has 0 unspecified atom stereocenters. The highest BCUT2D eigenvalue weighted by molar-refractivity contribution is 5.82. The van der Waals surface area contributed by atoms with Gasteiger partial charge in [-0.3, -0.25) is 4.79 Å². The molecule has 0 aromatic heterocycles. The summed E-state index contributed by atoms with van der Waals surface area (Å²) in [7, 11) is 0. The Balaban J connectivity index is 2.97. The molecule has 4 nitrogen and oxygen atoms in total. The smallest absolute Gasteiger partial charge is 0.160 e. The van der Waals surface area contributed by atoms with E-state index in [1.165, 1.54) is 0 Å². The number of rotatable bonds is 5. The van der Waals surface area contributed by atoms with Crippen molar-refractivity contribution >= 4 is 5.78 Å². The van der Waals surface area contributed by atoms with Crippen molar-refractivity contribution in [2.45, 2.75) is 0 Å². The fourth-order valence-corrected chi connectivity index (χ4v) is 0.379. The molecule has 0 aromatic carbocycles. The van der Waals surface area contributed by atoms with Crippen molar-refractivity contribution in [1.82, 2.24) is 5.32 Å². The number of Topliss-reactive ketones (excluding diaryl/α,β-unsaturated/α-hetero) is 1. The van der Waals surface area contributed by atoms with Gasteiger partial charge in [0.25, 0.3) is 0 Å². The maximum atomic E-state index is 10.4. The molecule has 0 fully saturated rings. The summed E-state index contributed by atoms with van der Waals surface area (Å²) >= 11 is 0. The van der Waals surface area contributed by atoms with Crippen LogP contribution in [-0.4, -0.2) is 37.1 Å². The SMILES string of the molecule is NCC(=O)CNCCO. The Hall–Kier alpha value is -0.450. The zero-order chi connectivity index (χ0) is 7.11. The van der Waals surface area contributed by atoms with Crippen molar-refractivity contribution in [2.75, 3.05) is 26.2 Å². The quantitative estimate of drug-likeness (QED) is 0.382. The number of carbonyl (C=O) groups excluding carboxylic acids is 1. The zero-order valence-corrected chi connectivity index (χ0v) is 5.26. The van der Waals surface area contributed by atoms with Crippen LogP contribution in [0.15, 0.2) is 0 Å². The second-order valence-electron chi connectivity index (χ2n) is 1.64. The molecular weight excluding hydrogens is 120 g/mol. The van der Waals surface area contributed by atoms with Gasteiger partial charge in [0.1, 0.15) is 0 Å². The van der Waals surface area contributed by atoms with Crippen LogP contribution >= 0.6 is 0 Å². The fourth-order valence-electron chi connectivity index (χ4n) is 0.379. The number of nitrogens with one attached hydrogen (secondary N) is 1. The largest absolute Gasteiger partial charge is 0.395 e. The van der Waals surface area contributed by atoms with Crippen LogP contribution in [0.3, 0.4) is 0 Å². The second-order valence-corrected chi connectivity index (χ2v) is 1.64. The lowest BCUT2D eigenvalue weighted by atomic mass is 10.4. The minimum atomic E-state index is -0.0385. The van der Waals surface area contributed by atoms with Gasteiger partial charge in [-0.1, -0.05) is 0 Å². The third-order valence-electron chi connectivity index (χ3n) is 0.838. The first kappa shape index (κ1) is 8.55. The molecule has 0 radical (unpaired) electrons. The molecule has 0 rings (SSSR count). The van der Waals surface area contributed by atoms with Gasteiger partial charge in [0.15, 0.2) is 5.78 Å². The molecule has 4 N–H and O–H groups in total. The average Bonchev–Trinajstić information content (AvgIpc) is 1.89. The Kier molecular flexibility index (Phi) is 5.40. The number of ketones is 1. The molecule has 0 spiro atoms. The van der Waals surface area contributed by atoms with E-state index in [1.807, 2.05) is 0 Å². The molecule has 0 heterocycles. The highest BCUT2D eigenvalue weighted by atomic mass is 16.3. The summed E-state index contributed by atoms with van der Waals surface area (Å²) in [6, 6.07) is 0. The number of hydrogen-bond acceptors (Lipinski definition) is 4. The van der Waals surface area contributed by atoms with Crippen LogP contribution in [0.5, 0.6) is 0 Å². The molecule has 0 aliphatic carbocycles. The van der Waals surface area contributed by atoms with Gasteiger partial charge < -0.3 is 16.2 Å². The first-order valence-electron chi connectivity index (χ1n) is 2.84. The Labute approximate surface area is 54.0 Å². The van der Waals surface area contributed by atoms with Gasteiger partial charge in [-0.25, -0.2) is 0 Å². The maximum absolute atomic E-state index is 10.4. The molecule has 0 aliphatic heterocycles. The van der Waals surface area contributed by atoms with Crippen LogP contribution in [0.25, 0.3) is 0 Å². The van der Waals surface area contributed by atoms with Gasteiger partial charge >= 0.3 is 0 Å². The summed E-state index contributed by atoms with van der Waals surface area (Å²) in [5.41, 5.74) is 5.00. The second kappa shape index (κ2) is 5.68. The van der Waals surface area contributed by atoms with E-state index in [2.05, 4.69) is 5.32 Å². The molecule has 4 heteroatoms. The van der Waals surface area contributed by atoms with E-state index in [-0.39, 0.29) is 25.5 Å². The maximum Gasteiger partial charge on any atom is 0.160 e. The van der Waals surface area contributed by atoms with E-state index in [0.717, 1.165) is 0 Å². The van der Waals surface area contributed by atoms with Crippen molar-refractivity contribution < 1.29 is 9.90 Å². The molecule has 54 valence electrons. The van der Waals surface area contributed by atoms with E-state index in [0.29, 0.717) is 6.54 Å². The molecule has 0 aliphatic rings. The predicted octanol–water partition coefficient (Wildman–Crippen LogP) is -1.90. The number of carbonyl (C=O) groups is 1. The van der Waals surface area contributed by atoms with E-state index in [1.54, 1.807) is 0 Å². The normalized spacial score (nSPS) is 9.56. The van der Waals surface area contributed by atoms with Gasteiger partial charge in [-0.05, 0) is 0 Å². The van der Waals surface area contributed by atoms with Crippen molar-refractivity contribution in [3.63, 3.8) is 0 Å². The van der Waals surface area contributed by atoms with E-state index >= 15 is 0 Å². The summed E-state index contributed by atoms with van der Waals surface area (Å²) in [4.78, 5) is 10.4. The van der Waals surface area contributed by atoms with Gasteiger partial charge in [-0.15, -0.1) is 0 Å². The van der Waals surface area contributed by atoms with Crippen LogP contribution in [0, 0.1) is 0 Å². The fraction of sp³-hybridized carbons (Fsp3) is 0.800. The van der Waals surface area contributed by atoms with E-state index in [4.69, 9.17) is 10.8 Å². The van der Waals surface area contributed by atoms with Crippen molar-refractivity contribution in [2.24, 2.45) is 5.73 Å². The molecule has 0 aromatic rings. The first-order valence-corrected chi connectivity index (χ1v) is 2.84. The number of nitrogens with two attached hydrogens (primary N) is 1. The Bertz CT molecular complexity index is 85.0. The predicted molar refractivity (Wildman–Crippen MR) is 34.0 cm³/mol. The van der Waals surface area contributed by atoms with Crippen LogP contribution in [0.2, 0.25) is 0 Å². The third kappa shape index (κ3) is 5.42. The van der Waals surface area contributed by atoms with Crippen molar-refractivity contribution in [3.05, 3.63) is 0 Å². The van der Waals surface area contributed by atoms with Crippen LogP contribution in [-0.2, 0) is 4.79 Å². The van der Waals surface area contributed by atoms with Crippen molar-refractivity contribution in [1.29, 1.82) is 0 Å². The molecule has 0 bridgehead atoms. The number of hydrogen-bond donors (Lipinski definition) is 3.